The van der Waals surface area contributed by atoms with Gasteiger partial charge in [0.05, 0.1) is 0 Å². The highest BCUT2D eigenvalue weighted by atomic mass is 16.5. The van der Waals surface area contributed by atoms with Crippen molar-refractivity contribution in [3.63, 3.8) is 0 Å². The predicted molar refractivity (Wildman–Crippen MR) is 77.1 cm³/mol. The monoisotopic (exact) mass is 256 g/mol. The van der Waals surface area contributed by atoms with Crippen LogP contribution in [0.15, 0.2) is 36.7 Å². The number of pyridine rings is 1. The van der Waals surface area contributed by atoms with Gasteiger partial charge in [-0.2, -0.15) is 0 Å². The zero-order valence-electron chi connectivity index (χ0n) is 11.7. The van der Waals surface area contributed by atoms with Crippen molar-refractivity contribution in [1.82, 2.24) is 4.98 Å². The van der Waals surface area contributed by atoms with Gasteiger partial charge in [-0.15, -0.1) is 0 Å². The summed E-state index contributed by atoms with van der Waals surface area (Å²) in [5.74, 6) is 0.849. The number of ether oxygens (including phenoxy) is 1. The quantitative estimate of drug-likeness (QED) is 0.913. The van der Waals surface area contributed by atoms with Crippen LogP contribution in [0, 0.1) is 13.8 Å². The van der Waals surface area contributed by atoms with E-state index in [1.54, 1.807) is 0 Å². The number of hydrogen-bond acceptors (Lipinski definition) is 3. The van der Waals surface area contributed by atoms with Crippen LogP contribution in [0.5, 0.6) is 5.75 Å². The Morgan fingerprint density at radius 2 is 1.95 bits per heavy atom. The Morgan fingerprint density at radius 3 is 2.63 bits per heavy atom. The fourth-order valence-corrected chi connectivity index (χ4v) is 2.01. The minimum absolute atomic E-state index is 0.0365. The Balaban J connectivity index is 2.15. The Bertz CT molecular complexity index is 564. The van der Waals surface area contributed by atoms with E-state index in [2.05, 4.69) is 24.0 Å². The molecule has 0 spiro atoms. The summed E-state index contributed by atoms with van der Waals surface area (Å²) in [5, 5.41) is 0. The van der Waals surface area contributed by atoms with Crippen molar-refractivity contribution in [2.24, 2.45) is 5.73 Å². The third-order valence-electron chi connectivity index (χ3n) is 2.98. The van der Waals surface area contributed by atoms with Gasteiger partial charge in [-0.3, -0.25) is 4.98 Å². The van der Waals surface area contributed by atoms with Crippen LogP contribution in [0.3, 0.4) is 0 Å². The summed E-state index contributed by atoms with van der Waals surface area (Å²) in [4.78, 5) is 4.16. The second-order valence-corrected chi connectivity index (χ2v) is 4.99. The summed E-state index contributed by atoms with van der Waals surface area (Å²) in [6, 6.07) is 8.14. The fourth-order valence-electron chi connectivity index (χ4n) is 2.01. The Labute approximate surface area is 114 Å². The van der Waals surface area contributed by atoms with Gasteiger partial charge in [-0.1, -0.05) is 17.7 Å². The average Bonchev–Trinajstić information content (AvgIpc) is 2.37. The summed E-state index contributed by atoms with van der Waals surface area (Å²) in [5.41, 5.74) is 10.4. The molecule has 0 aliphatic rings. The molecule has 1 aromatic heterocycles. The maximum absolute atomic E-state index is 5.98. The highest BCUT2D eigenvalue weighted by Crippen LogP contribution is 2.25. The molecule has 0 bridgehead atoms. The largest absolute Gasteiger partial charge is 0.489 e. The summed E-state index contributed by atoms with van der Waals surface area (Å²) < 4.78 is 5.87. The fraction of sp³-hybridized carbons (Fsp3) is 0.312. The van der Waals surface area contributed by atoms with Crippen LogP contribution in [-0.4, -0.2) is 4.98 Å². The first kappa shape index (κ1) is 13.6. The van der Waals surface area contributed by atoms with Gasteiger partial charge in [0.15, 0.2) is 0 Å². The van der Waals surface area contributed by atoms with Gasteiger partial charge in [0.25, 0.3) is 0 Å². The van der Waals surface area contributed by atoms with Crippen LogP contribution < -0.4 is 10.5 Å². The first-order valence-electron chi connectivity index (χ1n) is 6.45. The van der Waals surface area contributed by atoms with Crippen molar-refractivity contribution >= 4 is 0 Å². The van der Waals surface area contributed by atoms with E-state index in [9.17, 15) is 0 Å². The van der Waals surface area contributed by atoms with E-state index in [0.29, 0.717) is 6.61 Å². The standard InChI is InChI=1S/C16H20N2O/c1-11-4-5-16(15(7-11)13(3)17)19-10-14-6-12(2)8-18-9-14/h4-9,13H,10,17H2,1-3H3/t13-/m1/s1. The van der Waals surface area contributed by atoms with Crippen LogP contribution in [0.1, 0.15) is 35.2 Å². The Morgan fingerprint density at radius 1 is 1.16 bits per heavy atom. The van der Waals surface area contributed by atoms with Crippen molar-refractivity contribution in [2.75, 3.05) is 0 Å². The van der Waals surface area contributed by atoms with Gasteiger partial charge in [-0.25, -0.2) is 0 Å². The number of benzene rings is 1. The summed E-state index contributed by atoms with van der Waals surface area (Å²) in [7, 11) is 0. The molecule has 19 heavy (non-hydrogen) atoms. The molecule has 0 radical (unpaired) electrons. The van der Waals surface area contributed by atoms with Crippen LogP contribution in [0.2, 0.25) is 0 Å². The molecule has 3 nitrogen and oxygen atoms in total. The Kier molecular flexibility index (Phi) is 4.17. The highest BCUT2D eigenvalue weighted by Gasteiger charge is 2.08. The average molecular weight is 256 g/mol. The van der Waals surface area contributed by atoms with Crippen LogP contribution in [-0.2, 0) is 6.61 Å². The van der Waals surface area contributed by atoms with Gasteiger partial charge in [-0.05, 0) is 38.5 Å². The molecule has 3 heteroatoms. The van der Waals surface area contributed by atoms with E-state index in [1.165, 1.54) is 5.56 Å². The molecule has 2 aromatic rings. The minimum atomic E-state index is -0.0365. The van der Waals surface area contributed by atoms with Gasteiger partial charge >= 0.3 is 0 Å². The van der Waals surface area contributed by atoms with Crippen molar-refractivity contribution in [3.05, 3.63) is 58.9 Å². The lowest BCUT2D eigenvalue weighted by Crippen LogP contribution is -2.08. The SMILES string of the molecule is Cc1cncc(COc2ccc(C)cc2[C@@H](C)N)c1. The lowest BCUT2D eigenvalue weighted by atomic mass is 10.1. The van der Waals surface area contributed by atoms with Gasteiger partial charge < -0.3 is 10.5 Å². The molecule has 2 N–H and O–H groups in total. The molecule has 1 heterocycles. The smallest absolute Gasteiger partial charge is 0.124 e. The zero-order chi connectivity index (χ0) is 13.8. The lowest BCUT2D eigenvalue weighted by Gasteiger charge is -2.15. The summed E-state index contributed by atoms with van der Waals surface area (Å²) in [6.45, 7) is 6.56. The number of nitrogens with zero attached hydrogens (tertiary/aromatic N) is 1. The molecule has 0 amide bonds. The number of aryl methyl sites for hydroxylation is 2. The maximum atomic E-state index is 5.98. The topological polar surface area (TPSA) is 48.1 Å². The third kappa shape index (κ3) is 3.55. The van der Waals surface area contributed by atoms with E-state index < -0.39 is 0 Å². The number of rotatable bonds is 4. The molecule has 0 fully saturated rings. The lowest BCUT2D eigenvalue weighted by molar-refractivity contribution is 0.301. The van der Waals surface area contributed by atoms with E-state index in [1.807, 2.05) is 38.4 Å². The van der Waals surface area contributed by atoms with Gasteiger partial charge in [0.2, 0.25) is 0 Å². The van der Waals surface area contributed by atoms with Crippen LogP contribution >= 0.6 is 0 Å². The first-order chi connectivity index (χ1) is 9.06. The molecule has 1 atom stereocenters. The van der Waals surface area contributed by atoms with Crippen molar-refractivity contribution in [1.29, 1.82) is 0 Å². The minimum Gasteiger partial charge on any atom is -0.489 e. The van der Waals surface area contributed by atoms with E-state index >= 15 is 0 Å². The molecule has 0 aliphatic carbocycles. The molecule has 0 unspecified atom stereocenters. The van der Waals surface area contributed by atoms with Crippen molar-refractivity contribution < 1.29 is 4.74 Å². The maximum Gasteiger partial charge on any atom is 0.124 e. The molecule has 0 saturated carbocycles. The second-order valence-electron chi connectivity index (χ2n) is 4.99. The molecule has 2 rings (SSSR count). The van der Waals surface area contributed by atoms with Crippen LogP contribution in [0.25, 0.3) is 0 Å². The molecule has 0 aliphatic heterocycles. The normalized spacial score (nSPS) is 12.2. The molecule has 1 aromatic carbocycles. The molecule has 100 valence electrons. The molecular weight excluding hydrogens is 236 g/mol. The van der Waals surface area contributed by atoms with Gasteiger partial charge in [0.1, 0.15) is 12.4 Å². The number of aromatic nitrogens is 1. The molecular formula is C16H20N2O. The van der Waals surface area contributed by atoms with E-state index in [4.69, 9.17) is 10.5 Å². The van der Waals surface area contributed by atoms with Crippen molar-refractivity contribution in [3.8, 4) is 5.75 Å². The number of nitrogens with two attached hydrogens (primary N) is 1. The molecule has 0 saturated heterocycles. The number of hydrogen-bond donors (Lipinski definition) is 1. The van der Waals surface area contributed by atoms with Crippen molar-refractivity contribution in [2.45, 2.75) is 33.4 Å². The Hall–Kier alpha value is -1.87. The highest BCUT2D eigenvalue weighted by molar-refractivity contribution is 5.39. The summed E-state index contributed by atoms with van der Waals surface area (Å²) >= 11 is 0. The zero-order valence-corrected chi connectivity index (χ0v) is 11.7. The summed E-state index contributed by atoms with van der Waals surface area (Å²) in [6.07, 6.45) is 3.66. The predicted octanol–water partition coefficient (Wildman–Crippen LogP) is 3.30. The third-order valence-corrected chi connectivity index (χ3v) is 2.98. The second kappa shape index (κ2) is 5.85. The van der Waals surface area contributed by atoms with Gasteiger partial charge in [0, 0.05) is 29.6 Å². The van der Waals surface area contributed by atoms with Crippen LogP contribution in [0.4, 0.5) is 0 Å². The van der Waals surface area contributed by atoms with E-state index in [0.717, 1.165) is 22.4 Å². The first-order valence-corrected chi connectivity index (χ1v) is 6.45. The van der Waals surface area contributed by atoms with E-state index in [-0.39, 0.29) is 6.04 Å².